The van der Waals surface area contributed by atoms with E-state index in [0.29, 0.717) is 25.9 Å². The molecule has 2 unspecified atom stereocenters. The molecule has 0 aromatic rings. The average molecular weight is 945 g/mol. The van der Waals surface area contributed by atoms with E-state index in [2.05, 4.69) is 43.5 Å². The minimum atomic E-state index is -0.668. The second-order valence-electron chi connectivity index (χ2n) is 20.7. The number of rotatable bonds is 56. The summed E-state index contributed by atoms with van der Waals surface area (Å²) in [6, 6.07) is -0.547. The molecule has 6 nitrogen and oxygen atoms in total. The van der Waals surface area contributed by atoms with E-state index in [4.69, 9.17) is 4.74 Å². The number of aliphatic hydroxyl groups excluding tert-OH is 2. The molecule has 0 heterocycles. The van der Waals surface area contributed by atoms with Gasteiger partial charge in [-0.3, -0.25) is 9.59 Å². The van der Waals surface area contributed by atoms with Crippen molar-refractivity contribution in [2.75, 3.05) is 13.2 Å². The molecule has 6 heteroatoms. The first-order valence-electron chi connectivity index (χ1n) is 30.1. The molecule has 0 aliphatic carbocycles. The summed E-state index contributed by atoms with van der Waals surface area (Å²) >= 11 is 0. The molecule has 67 heavy (non-hydrogen) atoms. The number of ether oxygens (including phenoxy) is 1. The number of hydrogen-bond acceptors (Lipinski definition) is 5. The number of nitrogens with one attached hydrogen (secondary N) is 1. The fourth-order valence-electron chi connectivity index (χ4n) is 9.38. The third kappa shape index (κ3) is 53.5. The first-order valence-corrected chi connectivity index (χ1v) is 30.1. The van der Waals surface area contributed by atoms with Gasteiger partial charge in [0.05, 0.1) is 25.4 Å². The molecule has 0 rings (SSSR count). The van der Waals surface area contributed by atoms with Crippen LogP contribution in [0.2, 0.25) is 0 Å². The van der Waals surface area contributed by atoms with Crippen molar-refractivity contribution in [1.82, 2.24) is 5.32 Å². The molecule has 0 saturated carbocycles. The molecule has 2 atom stereocenters. The largest absolute Gasteiger partial charge is 0.466 e. The summed E-state index contributed by atoms with van der Waals surface area (Å²) in [5.41, 5.74) is 0. The zero-order chi connectivity index (χ0) is 48.6. The van der Waals surface area contributed by atoms with Gasteiger partial charge in [0.25, 0.3) is 0 Å². The molecule has 396 valence electrons. The van der Waals surface area contributed by atoms with Crippen LogP contribution in [0.25, 0.3) is 0 Å². The Morgan fingerprint density at radius 2 is 0.746 bits per heavy atom. The number of carbonyl (C=O) groups excluding carboxylic acids is 2. The predicted octanol–water partition coefficient (Wildman–Crippen LogP) is 18.6. The molecule has 3 N–H and O–H groups in total. The first-order chi connectivity index (χ1) is 33.0. The summed E-state index contributed by atoms with van der Waals surface area (Å²) in [5.74, 6) is -0.0358. The summed E-state index contributed by atoms with van der Waals surface area (Å²) in [6.45, 7) is 4.94. The second-order valence-corrected chi connectivity index (χ2v) is 20.7. The molecule has 0 aliphatic heterocycles. The maximum Gasteiger partial charge on any atom is 0.305 e. The van der Waals surface area contributed by atoms with Crippen LogP contribution < -0.4 is 5.32 Å². The van der Waals surface area contributed by atoms with Crippen molar-refractivity contribution in [1.29, 1.82) is 0 Å². The number of hydrogen-bond donors (Lipinski definition) is 3. The molecule has 0 radical (unpaired) electrons. The Bertz CT molecular complexity index is 1040. The molecule has 0 spiro atoms. The lowest BCUT2D eigenvalue weighted by Crippen LogP contribution is -2.45. The van der Waals surface area contributed by atoms with Crippen molar-refractivity contribution < 1.29 is 24.5 Å². The minimum absolute atomic E-state index is 0.0115. The normalized spacial score (nSPS) is 12.7. The van der Waals surface area contributed by atoms with Gasteiger partial charge >= 0.3 is 5.97 Å². The van der Waals surface area contributed by atoms with Crippen LogP contribution in [0.5, 0.6) is 0 Å². The minimum Gasteiger partial charge on any atom is -0.466 e. The fourth-order valence-corrected chi connectivity index (χ4v) is 9.38. The summed E-state index contributed by atoms with van der Waals surface area (Å²) in [5, 5.41) is 23.1. The Morgan fingerprint density at radius 1 is 0.418 bits per heavy atom. The van der Waals surface area contributed by atoms with Gasteiger partial charge in [0.2, 0.25) is 5.91 Å². The third-order valence-electron chi connectivity index (χ3n) is 14.0. The highest BCUT2D eigenvalue weighted by molar-refractivity contribution is 5.76. The zero-order valence-corrected chi connectivity index (χ0v) is 45.1. The molecule has 0 aromatic heterocycles. The van der Waals surface area contributed by atoms with Crippen molar-refractivity contribution in [3.63, 3.8) is 0 Å². The Hall–Kier alpha value is -1.66. The van der Waals surface area contributed by atoms with E-state index in [9.17, 15) is 19.8 Å². The Balaban J connectivity index is 3.39. The lowest BCUT2D eigenvalue weighted by Gasteiger charge is -2.22. The van der Waals surface area contributed by atoms with E-state index in [1.807, 2.05) is 0 Å². The number of aliphatic hydroxyl groups is 2. The topological polar surface area (TPSA) is 95.9 Å². The Labute approximate surface area is 418 Å². The predicted molar refractivity (Wildman–Crippen MR) is 292 cm³/mol. The van der Waals surface area contributed by atoms with E-state index in [-0.39, 0.29) is 18.5 Å². The molecular formula is C61H117NO5. The molecule has 0 aliphatic rings. The van der Waals surface area contributed by atoms with Crippen LogP contribution in [0.1, 0.15) is 328 Å². The number of unbranched alkanes of at least 4 members (excludes halogenated alkanes) is 41. The van der Waals surface area contributed by atoms with Crippen molar-refractivity contribution in [2.45, 2.75) is 341 Å². The number of amides is 1. The van der Waals surface area contributed by atoms with Gasteiger partial charge in [-0.2, -0.15) is 0 Å². The van der Waals surface area contributed by atoms with E-state index in [0.717, 1.165) is 51.4 Å². The van der Waals surface area contributed by atoms with E-state index in [1.54, 1.807) is 0 Å². The van der Waals surface area contributed by atoms with Crippen LogP contribution in [0.15, 0.2) is 24.3 Å². The molecule has 0 fully saturated rings. The highest BCUT2D eigenvalue weighted by atomic mass is 16.5. The van der Waals surface area contributed by atoms with Crippen LogP contribution in [0, 0.1) is 0 Å². The van der Waals surface area contributed by atoms with Crippen LogP contribution in [0.4, 0.5) is 0 Å². The molecule has 0 saturated heterocycles. The summed E-state index contributed by atoms with van der Waals surface area (Å²) in [6.07, 6.45) is 69.1. The SMILES string of the molecule is CCCCCCCCCCCCCCCCCCCCC(=O)OCCCCCCCCCCC/C=C\C/C=C\CCCCCCCCCC(=O)NC(CO)C(O)CCCCCCCCCCC. The van der Waals surface area contributed by atoms with Gasteiger partial charge in [-0.1, -0.05) is 282 Å². The van der Waals surface area contributed by atoms with Gasteiger partial charge in [-0.05, 0) is 57.8 Å². The van der Waals surface area contributed by atoms with Crippen molar-refractivity contribution >= 4 is 11.9 Å². The maximum atomic E-state index is 12.4. The number of allylic oxidation sites excluding steroid dienone is 4. The van der Waals surface area contributed by atoms with Crippen LogP contribution >= 0.6 is 0 Å². The van der Waals surface area contributed by atoms with Gasteiger partial charge in [-0.15, -0.1) is 0 Å². The highest BCUT2D eigenvalue weighted by Crippen LogP contribution is 2.17. The van der Waals surface area contributed by atoms with Crippen LogP contribution in [0.3, 0.4) is 0 Å². The lowest BCUT2D eigenvalue weighted by molar-refractivity contribution is -0.143. The molecule has 0 bridgehead atoms. The number of carbonyl (C=O) groups is 2. The van der Waals surface area contributed by atoms with E-state index >= 15 is 0 Å². The highest BCUT2D eigenvalue weighted by Gasteiger charge is 2.20. The van der Waals surface area contributed by atoms with Gasteiger partial charge in [0.1, 0.15) is 0 Å². The van der Waals surface area contributed by atoms with Crippen molar-refractivity contribution in [3.05, 3.63) is 24.3 Å². The van der Waals surface area contributed by atoms with Crippen LogP contribution in [-0.4, -0.2) is 47.4 Å². The fraction of sp³-hybridized carbons (Fsp3) is 0.902. The maximum absolute atomic E-state index is 12.4. The Kier molecular flexibility index (Phi) is 55.5. The third-order valence-corrected chi connectivity index (χ3v) is 14.0. The monoisotopic (exact) mass is 944 g/mol. The van der Waals surface area contributed by atoms with Crippen molar-refractivity contribution in [3.8, 4) is 0 Å². The van der Waals surface area contributed by atoms with Gasteiger partial charge in [0, 0.05) is 12.8 Å². The Morgan fingerprint density at radius 3 is 1.13 bits per heavy atom. The average Bonchev–Trinajstić information content (AvgIpc) is 3.33. The van der Waals surface area contributed by atoms with E-state index in [1.165, 1.54) is 244 Å². The lowest BCUT2D eigenvalue weighted by atomic mass is 10.0. The first kappa shape index (κ1) is 65.3. The molecular weight excluding hydrogens is 827 g/mol. The quantitative estimate of drug-likeness (QED) is 0.0321. The smallest absolute Gasteiger partial charge is 0.305 e. The standard InChI is InChI=1S/C61H117NO5/c1-3-5-7-9-11-13-14-15-16-17-26-29-32-35-39-43-47-51-55-61(66)67-56-52-48-44-40-36-33-30-27-24-22-20-18-19-21-23-25-28-31-34-38-42-46-50-54-60(65)62-58(57-63)59(64)53-49-45-41-37-12-10-8-6-4-2/h18,20-21,23,58-59,63-64H,3-17,19,22,24-57H2,1-2H3,(H,62,65)/b20-18-,23-21-. The van der Waals surface area contributed by atoms with Gasteiger partial charge < -0.3 is 20.3 Å². The summed E-state index contributed by atoms with van der Waals surface area (Å²) in [4.78, 5) is 24.5. The number of esters is 1. The zero-order valence-electron chi connectivity index (χ0n) is 45.1. The van der Waals surface area contributed by atoms with Gasteiger partial charge in [0.15, 0.2) is 0 Å². The van der Waals surface area contributed by atoms with E-state index < -0.39 is 12.1 Å². The summed E-state index contributed by atoms with van der Waals surface area (Å²) < 4.78 is 5.49. The molecule has 0 aromatic carbocycles. The van der Waals surface area contributed by atoms with Gasteiger partial charge in [-0.25, -0.2) is 0 Å². The second kappa shape index (κ2) is 56.9. The molecule has 1 amide bonds. The van der Waals surface area contributed by atoms with Crippen molar-refractivity contribution in [2.24, 2.45) is 0 Å². The summed E-state index contributed by atoms with van der Waals surface area (Å²) in [7, 11) is 0. The van der Waals surface area contributed by atoms with Crippen LogP contribution in [-0.2, 0) is 14.3 Å².